The summed E-state index contributed by atoms with van der Waals surface area (Å²) in [7, 11) is 1.38. The van der Waals surface area contributed by atoms with E-state index in [4.69, 9.17) is 9.16 Å². The van der Waals surface area contributed by atoms with Crippen molar-refractivity contribution >= 4 is 14.4 Å². The van der Waals surface area contributed by atoms with E-state index in [-0.39, 0.29) is 12.0 Å². The molecule has 1 aliphatic heterocycles. The maximum absolute atomic E-state index is 12.0. The van der Waals surface area contributed by atoms with Crippen LogP contribution in [0.1, 0.15) is 0 Å². The molecule has 1 N–H and O–H groups in total. The molecule has 1 atom stereocenters. The van der Waals surface area contributed by atoms with E-state index in [0.717, 1.165) is 6.54 Å². The van der Waals surface area contributed by atoms with E-state index >= 15 is 0 Å². The number of hydrogen-bond acceptors (Lipinski definition) is 4. The molecule has 6 heteroatoms. The van der Waals surface area contributed by atoms with Gasteiger partial charge >= 0.3 is 0 Å². The van der Waals surface area contributed by atoms with Gasteiger partial charge in [-0.25, -0.2) is 0 Å². The molecule has 15 heavy (non-hydrogen) atoms. The zero-order valence-corrected chi connectivity index (χ0v) is 10.9. The second kappa shape index (κ2) is 5.07. The van der Waals surface area contributed by atoms with Gasteiger partial charge in [-0.15, -0.1) is 0 Å². The summed E-state index contributed by atoms with van der Waals surface area (Å²) in [5.74, 6) is 0.0146. The third-order valence-electron chi connectivity index (χ3n) is 2.84. The van der Waals surface area contributed by atoms with Gasteiger partial charge in [-0.3, -0.25) is 4.79 Å². The van der Waals surface area contributed by atoms with Crippen molar-refractivity contribution in [1.29, 1.82) is 0 Å². The summed E-state index contributed by atoms with van der Waals surface area (Å²) in [5.41, 5.74) is 0. The van der Waals surface area contributed by atoms with Crippen molar-refractivity contribution in [2.45, 2.75) is 19.2 Å². The first kappa shape index (κ1) is 12.6. The van der Waals surface area contributed by atoms with E-state index in [0.29, 0.717) is 13.2 Å². The van der Waals surface area contributed by atoms with E-state index in [2.05, 4.69) is 5.32 Å². The first-order chi connectivity index (χ1) is 6.99. The van der Waals surface area contributed by atoms with Crippen molar-refractivity contribution in [2.75, 3.05) is 33.9 Å². The molecule has 0 aromatic carbocycles. The fourth-order valence-corrected chi connectivity index (χ4v) is 2.29. The van der Waals surface area contributed by atoms with Crippen LogP contribution in [0.15, 0.2) is 0 Å². The van der Waals surface area contributed by atoms with Crippen LogP contribution in [-0.4, -0.2) is 58.9 Å². The third kappa shape index (κ3) is 3.01. The molecule has 1 saturated heterocycles. The van der Waals surface area contributed by atoms with E-state index in [9.17, 15) is 4.79 Å². The monoisotopic (exact) mass is 232 g/mol. The Morgan fingerprint density at radius 1 is 1.60 bits per heavy atom. The lowest BCUT2D eigenvalue weighted by atomic mass is 10.3. The number of nitrogens with one attached hydrogen (secondary N) is 1. The lowest BCUT2D eigenvalue weighted by Gasteiger charge is -2.35. The van der Waals surface area contributed by atoms with Gasteiger partial charge in [0.1, 0.15) is 6.10 Å². The van der Waals surface area contributed by atoms with Crippen molar-refractivity contribution in [2.24, 2.45) is 0 Å². The van der Waals surface area contributed by atoms with Gasteiger partial charge < -0.3 is 19.0 Å². The number of likely N-dealkylation sites (N-methyl/N-ethyl adjacent to an activating group) is 1. The van der Waals surface area contributed by atoms with Gasteiger partial charge in [-0.1, -0.05) is 0 Å². The minimum atomic E-state index is -2.05. The molecular formula is C9H20N2O3Si. The molecule has 1 aliphatic rings. The number of rotatable bonds is 3. The number of carbonyl (C=O) groups excluding carboxylic acids is 1. The maximum Gasteiger partial charge on any atom is 0.296 e. The van der Waals surface area contributed by atoms with Crippen molar-refractivity contribution in [1.82, 2.24) is 9.88 Å². The smallest absolute Gasteiger partial charge is 0.296 e. The van der Waals surface area contributed by atoms with Gasteiger partial charge in [-0.05, 0) is 13.1 Å². The van der Waals surface area contributed by atoms with Crippen LogP contribution in [0.4, 0.5) is 0 Å². The SMILES string of the molecule is CO[Si](C)(C)N(C)C(=O)C1CNCCO1. The van der Waals surface area contributed by atoms with Gasteiger partial charge in [0.2, 0.25) is 5.91 Å². The van der Waals surface area contributed by atoms with Crippen LogP contribution >= 0.6 is 0 Å². The average Bonchev–Trinajstić information content (AvgIpc) is 2.28. The largest absolute Gasteiger partial charge is 0.402 e. The normalized spacial score (nSPS) is 22.5. The Morgan fingerprint density at radius 2 is 2.27 bits per heavy atom. The summed E-state index contributed by atoms with van der Waals surface area (Å²) in [4.78, 5) is 12.0. The Hall–Kier alpha value is -0.433. The van der Waals surface area contributed by atoms with Gasteiger partial charge in [0.15, 0.2) is 0 Å². The molecule has 1 fully saturated rings. The Morgan fingerprint density at radius 3 is 2.73 bits per heavy atom. The highest BCUT2D eigenvalue weighted by molar-refractivity contribution is 6.70. The molecule has 1 rings (SSSR count). The van der Waals surface area contributed by atoms with Gasteiger partial charge in [0.05, 0.1) is 6.61 Å². The van der Waals surface area contributed by atoms with Gasteiger partial charge in [0, 0.05) is 27.2 Å². The second-order valence-corrected chi connectivity index (χ2v) is 8.08. The Bertz CT molecular complexity index is 229. The van der Waals surface area contributed by atoms with Crippen LogP contribution in [0.5, 0.6) is 0 Å². The molecule has 1 amide bonds. The zero-order chi connectivity index (χ0) is 11.5. The molecule has 0 spiro atoms. The van der Waals surface area contributed by atoms with Crippen molar-refractivity contribution in [3.05, 3.63) is 0 Å². The summed E-state index contributed by atoms with van der Waals surface area (Å²) in [6.07, 6.45) is -0.356. The van der Waals surface area contributed by atoms with Crippen molar-refractivity contribution < 1.29 is 14.0 Å². The van der Waals surface area contributed by atoms with Gasteiger partial charge in [0.25, 0.3) is 8.48 Å². The summed E-state index contributed by atoms with van der Waals surface area (Å²) in [6, 6.07) is 0. The number of amides is 1. The van der Waals surface area contributed by atoms with E-state index in [1.54, 1.807) is 18.7 Å². The highest BCUT2D eigenvalue weighted by Gasteiger charge is 2.35. The molecule has 0 aliphatic carbocycles. The molecule has 0 saturated carbocycles. The van der Waals surface area contributed by atoms with Crippen LogP contribution in [0.25, 0.3) is 0 Å². The average molecular weight is 232 g/mol. The van der Waals surface area contributed by atoms with E-state index < -0.39 is 8.48 Å². The number of ether oxygens (including phenoxy) is 1. The number of carbonyl (C=O) groups is 1. The highest BCUT2D eigenvalue weighted by atomic mass is 28.4. The number of morpholine rings is 1. The molecule has 88 valence electrons. The molecule has 0 bridgehead atoms. The standard InChI is InChI=1S/C9H20N2O3Si/c1-11(15(3,4)13-2)9(12)8-7-10-5-6-14-8/h8,10H,5-7H2,1-4H3. The van der Waals surface area contributed by atoms with Crippen LogP contribution in [0.3, 0.4) is 0 Å². The minimum Gasteiger partial charge on any atom is -0.402 e. The third-order valence-corrected chi connectivity index (χ3v) is 5.68. The predicted octanol–water partition coefficient (Wildman–Crippen LogP) is -0.219. The lowest BCUT2D eigenvalue weighted by Crippen LogP contribution is -2.57. The molecular weight excluding hydrogens is 212 g/mol. The molecule has 0 radical (unpaired) electrons. The van der Waals surface area contributed by atoms with E-state index in [1.807, 2.05) is 13.1 Å². The lowest BCUT2D eigenvalue weighted by molar-refractivity contribution is -0.140. The van der Waals surface area contributed by atoms with Crippen LogP contribution in [-0.2, 0) is 14.0 Å². The second-order valence-electron chi connectivity index (χ2n) is 4.11. The van der Waals surface area contributed by atoms with Crippen LogP contribution in [0, 0.1) is 0 Å². The summed E-state index contributed by atoms with van der Waals surface area (Å²) in [5, 5.41) is 3.14. The molecule has 1 unspecified atom stereocenters. The van der Waals surface area contributed by atoms with Crippen LogP contribution < -0.4 is 5.32 Å². The predicted molar refractivity (Wildman–Crippen MR) is 59.9 cm³/mol. The molecule has 0 aromatic heterocycles. The Balaban J connectivity index is 2.58. The minimum absolute atomic E-state index is 0.0146. The summed E-state index contributed by atoms with van der Waals surface area (Å²) < 4.78 is 12.5. The Kier molecular flexibility index (Phi) is 4.27. The zero-order valence-electron chi connectivity index (χ0n) is 9.87. The topological polar surface area (TPSA) is 50.8 Å². The molecule has 0 aromatic rings. The van der Waals surface area contributed by atoms with Crippen molar-refractivity contribution in [3.63, 3.8) is 0 Å². The first-order valence-electron chi connectivity index (χ1n) is 5.14. The maximum atomic E-state index is 12.0. The number of hydrogen-bond donors (Lipinski definition) is 1. The Labute approximate surface area is 91.9 Å². The molecule has 1 heterocycles. The fourth-order valence-electron chi connectivity index (χ4n) is 1.34. The highest BCUT2D eigenvalue weighted by Crippen LogP contribution is 2.11. The van der Waals surface area contributed by atoms with E-state index in [1.165, 1.54) is 0 Å². The summed E-state index contributed by atoms with van der Waals surface area (Å²) in [6.45, 7) is 5.98. The van der Waals surface area contributed by atoms with Crippen LogP contribution in [0.2, 0.25) is 13.1 Å². The summed E-state index contributed by atoms with van der Waals surface area (Å²) >= 11 is 0. The number of nitrogens with zero attached hydrogens (tertiary/aromatic N) is 1. The van der Waals surface area contributed by atoms with Gasteiger partial charge in [-0.2, -0.15) is 0 Å². The quantitative estimate of drug-likeness (QED) is 0.684. The first-order valence-corrected chi connectivity index (χ1v) is 7.99. The fraction of sp³-hybridized carbons (Fsp3) is 0.889. The van der Waals surface area contributed by atoms with Crippen molar-refractivity contribution in [3.8, 4) is 0 Å². The molecule has 5 nitrogen and oxygen atoms in total.